The monoisotopic (exact) mass is 414 g/mol. The van der Waals surface area contributed by atoms with Crippen LogP contribution in [0.3, 0.4) is 0 Å². The molecule has 2 aliphatic heterocycles. The molecule has 0 aromatic heterocycles. The standard InChI is InChI=1S/C19H27BrN2O.ClH/c20-17-9-7-16(8-10-17)19(23)22-14-5-2-6-18(22)11-15-21-12-3-1-4-13-21;/h7-10,18H,1-6,11-15H2;1H. The Kier molecular flexibility index (Phi) is 8.05. The van der Waals surface area contributed by atoms with Gasteiger partial charge in [-0.25, -0.2) is 0 Å². The summed E-state index contributed by atoms with van der Waals surface area (Å²) in [6.07, 6.45) is 8.75. The molecule has 134 valence electrons. The Hall–Kier alpha value is -0.580. The van der Waals surface area contributed by atoms with Gasteiger partial charge < -0.3 is 9.80 Å². The number of carbonyl (C=O) groups is 1. The van der Waals surface area contributed by atoms with Crippen molar-refractivity contribution in [3.05, 3.63) is 34.3 Å². The van der Waals surface area contributed by atoms with Crippen molar-refractivity contribution in [2.45, 2.75) is 51.0 Å². The minimum Gasteiger partial charge on any atom is -0.336 e. The number of rotatable bonds is 4. The van der Waals surface area contributed by atoms with Gasteiger partial charge in [-0.2, -0.15) is 0 Å². The molecule has 24 heavy (non-hydrogen) atoms. The number of piperidine rings is 2. The van der Waals surface area contributed by atoms with E-state index in [1.54, 1.807) is 0 Å². The predicted molar refractivity (Wildman–Crippen MR) is 105 cm³/mol. The molecule has 5 heteroatoms. The van der Waals surface area contributed by atoms with Gasteiger partial charge in [-0.3, -0.25) is 4.79 Å². The van der Waals surface area contributed by atoms with Crippen LogP contribution in [0.5, 0.6) is 0 Å². The van der Waals surface area contributed by atoms with Crippen molar-refractivity contribution in [1.29, 1.82) is 0 Å². The van der Waals surface area contributed by atoms with E-state index in [0.717, 1.165) is 42.4 Å². The van der Waals surface area contributed by atoms with Gasteiger partial charge in [-0.1, -0.05) is 22.4 Å². The Morgan fingerprint density at radius 3 is 2.38 bits per heavy atom. The van der Waals surface area contributed by atoms with Crippen LogP contribution in [0.2, 0.25) is 0 Å². The smallest absolute Gasteiger partial charge is 0.254 e. The molecule has 0 aliphatic carbocycles. The highest BCUT2D eigenvalue weighted by atomic mass is 79.9. The minimum absolute atomic E-state index is 0. The maximum atomic E-state index is 12.9. The SMILES string of the molecule is Cl.O=C(c1ccc(Br)cc1)N1CCCCC1CCN1CCCCC1. The van der Waals surface area contributed by atoms with Crippen LogP contribution in [-0.4, -0.2) is 47.9 Å². The van der Waals surface area contributed by atoms with Crippen LogP contribution in [0.4, 0.5) is 0 Å². The molecule has 0 N–H and O–H groups in total. The molecule has 2 heterocycles. The van der Waals surface area contributed by atoms with Crippen molar-refractivity contribution in [2.75, 3.05) is 26.2 Å². The van der Waals surface area contributed by atoms with E-state index in [1.807, 2.05) is 24.3 Å². The molecule has 2 saturated heterocycles. The van der Waals surface area contributed by atoms with E-state index in [1.165, 1.54) is 38.8 Å². The second-order valence-electron chi connectivity index (χ2n) is 6.85. The second kappa shape index (κ2) is 9.79. The number of nitrogens with zero attached hydrogens (tertiary/aromatic N) is 2. The summed E-state index contributed by atoms with van der Waals surface area (Å²) in [5.41, 5.74) is 0.818. The van der Waals surface area contributed by atoms with E-state index in [9.17, 15) is 4.79 Å². The minimum atomic E-state index is 0. The zero-order valence-corrected chi connectivity index (χ0v) is 16.7. The normalized spacial score (nSPS) is 22.0. The van der Waals surface area contributed by atoms with Crippen molar-refractivity contribution in [2.24, 2.45) is 0 Å². The van der Waals surface area contributed by atoms with Crippen LogP contribution >= 0.6 is 28.3 Å². The highest BCUT2D eigenvalue weighted by molar-refractivity contribution is 9.10. The molecule has 1 aromatic rings. The fourth-order valence-electron chi connectivity index (χ4n) is 3.84. The molecule has 2 aliphatic rings. The summed E-state index contributed by atoms with van der Waals surface area (Å²) >= 11 is 3.44. The predicted octanol–water partition coefficient (Wildman–Crippen LogP) is 4.74. The average molecular weight is 416 g/mol. The fraction of sp³-hybridized carbons (Fsp3) is 0.632. The highest BCUT2D eigenvalue weighted by Gasteiger charge is 2.27. The Morgan fingerprint density at radius 2 is 1.67 bits per heavy atom. The first-order valence-electron chi connectivity index (χ1n) is 9.03. The summed E-state index contributed by atoms with van der Waals surface area (Å²) in [6.45, 7) is 4.55. The second-order valence-corrected chi connectivity index (χ2v) is 7.76. The number of hydrogen-bond acceptors (Lipinski definition) is 2. The van der Waals surface area contributed by atoms with Crippen LogP contribution in [0.15, 0.2) is 28.7 Å². The third-order valence-corrected chi connectivity index (χ3v) is 5.74. The number of halogens is 2. The van der Waals surface area contributed by atoms with E-state index < -0.39 is 0 Å². The maximum Gasteiger partial charge on any atom is 0.254 e. The molecule has 3 rings (SSSR count). The quantitative estimate of drug-likeness (QED) is 0.709. The van der Waals surface area contributed by atoms with E-state index in [2.05, 4.69) is 25.7 Å². The molecule has 1 amide bonds. The Labute approximate surface area is 160 Å². The van der Waals surface area contributed by atoms with E-state index in [-0.39, 0.29) is 18.3 Å². The summed E-state index contributed by atoms with van der Waals surface area (Å²) in [6, 6.07) is 8.20. The van der Waals surface area contributed by atoms with Crippen molar-refractivity contribution in [3.63, 3.8) is 0 Å². The third-order valence-electron chi connectivity index (χ3n) is 5.21. The summed E-state index contributed by atoms with van der Waals surface area (Å²) in [7, 11) is 0. The Morgan fingerprint density at radius 1 is 1.00 bits per heavy atom. The van der Waals surface area contributed by atoms with Crippen LogP contribution < -0.4 is 0 Å². The van der Waals surface area contributed by atoms with Crippen molar-refractivity contribution < 1.29 is 4.79 Å². The molecule has 3 nitrogen and oxygen atoms in total. The Bertz CT molecular complexity index is 517. The fourth-order valence-corrected chi connectivity index (χ4v) is 4.11. The van der Waals surface area contributed by atoms with Gasteiger partial charge >= 0.3 is 0 Å². The van der Waals surface area contributed by atoms with Crippen LogP contribution in [0.1, 0.15) is 55.3 Å². The highest BCUT2D eigenvalue weighted by Crippen LogP contribution is 2.23. The van der Waals surface area contributed by atoms with E-state index in [4.69, 9.17) is 0 Å². The van der Waals surface area contributed by atoms with Gasteiger partial charge in [-0.05, 0) is 75.9 Å². The summed E-state index contributed by atoms with van der Waals surface area (Å²) in [4.78, 5) is 17.6. The maximum absolute atomic E-state index is 12.9. The number of amides is 1. The lowest BCUT2D eigenvalue weighted by Gasteiger charge is -2.37. The molecule has 1 unspecified atom stereocenters. The first-order valence-corrected chi connectivity index (χ1v) is 9.82. The number of hydrogen-bond donors (Lipinski definition) is 0. The number of benzene rings is 1. The summed E-state index contributed by atoms with van der Waals surface area (Å²) < 4.78 is 1.02. The summed E-state index contributed by atoms with van der Waals surface area (Å²) in [5, 5.41) is 0. The van der Waals surface area contributed by atoms with E-state index in [0.29, 0.717) is 6.04 Å². The first-order chi connectivity index (χ1) is 11.2. The summed E-state index contributed by atoms with van der Waals surface area (Å²) in [5.74, 6) is 0.209. The zero-order valence-electron chi connectivity index (χ0n) is 14.3. The Balaban J connectivity index is 0.00000208. The molecule has 1 atom stereocenters. The van der Waals surface area contributed by atoms with Crippen LogP contribution in [0, 0.1) is 0 Å². The first kappa shape index (κ1) is 19.7. The zero-order chi connectivity index (χ0) is 16.1. The van der Waals surface area contributed by atoms with Gasteiger partial charge in [0.2, 0.25) is 0 Å². The number of likely N-dealkylation sites (tertiary alicyclic amines) is 2. The lowest BCUT2D eigenvalue weighted by Crippen LogP contribution is -2.45. The van der Waals surface area contributed by atoms with Crippen molar-refractivity contribution in [3.8, 4) is 0 Å². The molecule has 0 spiro atoms. The lowest BCUT2D eigenvalue weighted by molar-refractivity contribution is 0.0579. The molecule has 2 fully saturated rings. The average Bonchev–Trinajstić information content (AvgIpc) is 2.61. The molecule has 0 radical (unpaired) electrons. The molecule has 0 bridgehead atoms. The lowest BCUT2D eigenvalue weighted by atomic mass is 9.97. The molecule has 0 saturated carbocycles. The largest absolute Gasteiger partial charge is 0.336 e. The topological polar surface area (TPSA) is 23.6 Å². The molecule has 1 aromatic carbocycles. The molecular weight excluding hydrogens is 388 g/mol. The van der Waals surface area contributed by atoms with Gasteiger partial charge in [0.05, 0.1) is 0 Å². The van der Waals surface area contributed by atoms with Crippen molar-refractivity contribution >= 4 is 34.2 Å². The van der Waals surface area contributed by atoms with Gasteiger partial charge in [0, 0.05) is 29.2 Å². The van der Waals surface area contributed by atoms with Gasteiger partial charge in [0.1, 0.15) is 0 Å². The van der Waals surface area contributed by atoms with Gasteiger partial charge in [0.15, 0.2) is 0 Å². The van der Waals surface area contributed by atoms with Crippen molar-refractivity contribution in [1.82, 2.24) is 9.80 Å². The van der Waals surface area contributed by atoms with Gasteiger partial charge in [-0.15, -0.1) is 12.4 Å². The van der Waals surface area contributed by atoms with Crippen LogP contribution in [0.25, 0.3) is 0 Å². The number of carbonyl (C=O) groups excluding carboxylic acids is 1. The van der Waals surface area contributed by atoms with Crippen LogP contribution in [-0.2, 0) is 0 Å². The van der Waals surface area contributed by atoms with Gasteiger partial charge in [0.25, 0.3) is 5.91 Å². The molecular formula is C19H28BrClN2O. The van der Waals surface area contributed by atoms with E-state index >= 15 is 0 Å². The third kappa shape index (κ3) is 5.21.